The smallest absolute Gasteiger partial charge is 0.246 e. The molecule has 1 rings (SSSR count). The predicted octanol–water partition coefficient (Wildman–Crippen LogP) is 1.93. The normalized spacial score (nSPS) is 12.2. The maximum Gasteiger partial charge on any atom is 0.246 e. The molecule has 1 amide bonds. The molecule has 0 fully saturated rings. The Morgan fingerprint density at radius 3 is 2.47 bits per heavy atom. The van der Waals surface area contributed by atoms with Gasteiger partial charge in [0, 0.05) is 12.1 Å². The van der Waals surface area contributed by atoms with Gasteiger partial charge in [-0.1, -0.05) is 31.2 Å². The van der Waals surface area contributed by atoms with Gasteiger partial charge in [-0.3, -0.25) is 4.79 Å². The Hall–Kier alpha value is -1.62. The minimum absolute atomic E-state index is 0.0951. The van der Waals surface area contributed by atoms with Crippen molar-refractivity contribution in [3.63, 3.8) is 0 Å². The van der Waals surface area contributed by atoms with Gasteiger partial charge in [0.15, 0.2) is 9.84 Å². The fraction of sp³-hybridized carbons (Fsp3) is 0.357. The van der Waals surface area contributed by atoms with Crippen molar-refractivity contribution in [3.05, 3.63) is 42.0 Å². The second-order valence-electron chi connectivity index (χ2n) is 4.18. The summed E-state index contributed by atoms with van der Waals surface area (Å²) < 4.78 is 23.9. The van der Waals surface area contributed by atoms with Crippen LogP contribution < -0.4 is 5.32 Å². The molecule has 0 aliphatic rings. The van der Waals surface area contributed by atoms with E-state index in [0.717, 1.165) is 6.42 Å². The number of rotatable bonds is 6. The van der Waals surface area contributed by atoms with Gasteiger partial charge in [-0.15, -0.1) is 0 Å². The van der Waals surface area contributed by atoms with E-state index in [9.17, 15) is 13.2 Å². The Bertz CT molecular complexity index is 547. The summed E-state index contributed by atoms with van der Waals surface area (Å²) in [5.74, 6) is -0.313. The van der Waals surface area contributed by atoms with Crippen LogP contribution in [0.15, 0.2) is 46.9 Å². The number of carbonyl (C=O) groups is 1. The van der Waals surface area contributed by atoms with Gasteiger partial charge in [0.25, 0.3) is 0 Å². The number of nitrogens with one attached hydrogen (secondary N) is 1. The topological polar surface area (TPSA) is 63.2 Å². The van der Waals surface area contributed by atoms with Crippen molar-refractivity contribution in [1.82, 2.24) is 5.32 Å². The molecule has 104 valence electrons. The Morgan fingerprint density at radius 1 is 1.26 bits per heavy atom. The van der Waals surface area contributed by atoms with Crippen molar-refractivity contribution in [2.75, 3.05) is 12.3 Å². The van der Waals surface area contributed by atoms with Crippen LogP contribution in [0.3, 0.4) is 0 Å². The predicted molar refractivity (Wildman–Crippen MR) is 75.6 cm³/mol. The highest BCUT2D eigenvalue weighted by Crippen LogP contribution is 2.09. The zero-order valence-corrected chi connectivity index (χ0v) is 12.0. The molecule has 0 bridgehead atoms. The summed E-state index contributed by atoms with van der Waals surface area (Å²) in [5, 5.41) is 2.61. The van der Waals surface area contributed by atoms with Crippen LogP contribution in [0.4, 0.5) is 0 Å². The molecule has 0 heterocycles. The molecular formula is C14H19NO3S. The molecule has 0 saturated carbocycles. The standard InChI is InChI=1S/C14H19NO3S/c1-3-7-12(2)14(16)15-10-11-19(17,18)13-8-5-4-6-9-13/h4-9H,3,10-11H2,1-2H3,(H,15,16)/b12-7+. The van der Waals surface area contributed by atoms with E-state index in [4.69, 9.17) is 0 Å². The monoisotopic (exact) mass is 281 g/mol. The van der Waals surface area contributed by atoms with Gasteiger partial charge in [-0.25, -0.2) is 8.42 Å². The van der Waals surface area contributed by atoms with Crippen molar-refractivity contribution in [2.24, 2.45) is 0 Å². The van der Waals surface area contributed by atoms with E-state index in [-0.39, 0.29) is 23.1 Å². The van der Waals surface area contributed by atoms with Crippen molar-refractivity contribution < 1.29 is 13.2 Å². The minimum Gasteiger partial charge on any atom is -0.351 e. The van der Waals surface area contributed by atoms with Crippen LogP contribution >= 0.6 is 0 Å². The Kier molecular flexibility index (Phi) is 5.76. The molecule has 1 N–H and O–H groups in total. The molecule has 1 aromatic rings. The van der Waals surface area contributed by atoms with Crippen molar-refractivity contribution in [1.29, 1.82) is 0 Å². The SMILES string of the molecule is CC/C=C(\C)C(=O)NCCS(=O)(=O)c1ccccc1. The summed E-state index contributed by atoms with van der Waals surface area (Å²) in [6, 6.07) is 8.23. The molecule has 0 aromatic heterocycles. The minimum atomic E-state index is -3.33. The number of hydrogen-bond donors (Lipinski definition) is 1. The third-order valence-corrected chi connectivity index (χ3v) is 4.36. The molecule has 0 radical (unpaired) electrons. The molecule has 0 aliphatic heterocycles. The lowest BCUT2D eigenvalue weighted by atomic mass is 10.2. The van der Waals surface area contributed by atoms with Crippen molar-refractivity contribution in [2.45, 2.75) is 25.2 Å². The molecule has 4 nitrogen and oxygen atoms in total. The third kappa shape index (κ3) is 4.87. The van der Waals surface area contributed by atoms with Gasteiger partial charge in [-0.2, -0.15) is 0 Å². The van der Waals surface area contributed by atoms with Gasteiger partial charge in [-0.05, 0) is 25.5 Å². The maximum atomic E-state index is 11.9. The lowest BCUT2D eigenvalue weighted by molar-refractivity contribution is -0.117. The van der Waals surface area contributed by atoms with Crippen molar-refractivity contribution in [3.8, 4) is 0 Å². The molecule has 0 aliphatic carbocycles. The van der Waals surface area contributed by atoms with E-state index in [2.05, 4.69) is 5.32 Å². The molecule has 1 aromatic carbocycles. The maximum absolute atomic E-state index is 11.9. The van der Waals surface area contributed by atoms with E-state index >= 15 is 0 Å². The Labute approximate surface area is 114 Å². The summed E-state index contributed by atoms with van der Waals surface area (Å²) in [6.07, 6.45) is 2.59. The van der Waals surface area contributed by atoms with Crippen molar-refractivity contribution >= 4 is 15.7 Å². The number of amides is 1. The highest BCUT2D eigenvalue weighted by atomic mass is 32.2. The lowest BCUT2D eigenvalue weighted by Crippen LogP contribution is -2.29. The molecule has 0 spiro atoms. The number of sulfone groups is 1. The fourth-order valence-electron chi connectivity index (χ4n) is 1.58. The summed E-state index contributed by atoms with van der Waals surface area (Å²) in [6.45, 7) is 3.77. The van der Waals surface area contributed by atoms with E-state index in [0.29, 0.717) is 5.57 Å². The first-order valence-corrected chi connectivity index (χ1v) is 7.85. The first-order valence-electron chi connectivity index (χ1n) is 6.20. The van der Waals surface area contributed by atoms with Crippen LogP contribution in [0.5, 0.6) is 0 Å². The Morgan fingerprint density at radius 2 is 1.89 bits per heavy atom. The van der Waals surface area contributed by atoms with Crippen LogP contribution in [-0.4, -0.2) is 26.6 Å². The van der Waals surface area contributed by atoms with Gasteiger partial charge in [0.05, 0.1) is 10.6 Å². The van der Waals surface area contributed by atoms with E-state index in [1.165, 1.54) is 0 Å². The molecule has 0 atom stereocenters. The Balaban J connectivity index is 2.54. The number of carbonyl (C=O) groups excluding carboxylic acids is 1. The van der Waals surface area contributed by atoms with Gasteiger partial charge in [0.1, 0.15) is 0 Å². The highest BCUT2D eigenvalue weighted by Gasteiger charge is 2.14. The first kappa shape index (κ1) is 15.4. The molecule has 19 heavy (non-hydrogen) atoms. The second-order valence-corrected chi connectivity index (χ2v) is 6.29. The number of hydrogen-bond acceptors (Lipinski definition) is 3. The third-order valence-electron chi connectivity index (χ3n) is 2.63. The van der Waals surface area contributed by atoms with Crippen LogP contribution in [0.25, 0.3) is 0 Å². The number of allylic oxidation sites excluding steroid dienone is 1. The fourth-order valence-corrected chi connectivity index (χ4v) is 2.76. The summed E-state index contributed by atoms with van der Waals surface area (Å²) in [7, 11) is -3.33. The molecule has 0 saturated heterocycles. The number of benzene rings is 1. The van der Waals surface area contributed by atoms with E-state index in [1.807, 2.05) is 6.92 Å². The van der Waals surface area contributed by atoms with Gasteiger partial charge < -0.3 is 5.32 Å². The average Bonchev–Trinajstić information content (AvgIpc) is 2.39. The first-order chi connectivity index (χ1) is 8.97. The quantitative estimate of drug-likeness (QED) is 0.810. The molecule has 0 unspecified atom stereocenters. The molecule has 5 heteroatoms. The zero-order valence-electron chi connectivity index (χ0n) is 11.2. The van der Waals surface area contributed by atoms with Crippen LogP contribution in [0.1, 0.15) is 20.3 Å². The summed E-state index contributed by atoms with van der Waals surface area (Å²) >= 11 is 0. The van der Waals surface area contributed by atoms with Gasteiger partial charge >= 0.3 is 0 Å². The second kappa shape index (κ2) is 7.09. The largest absolute Gasteiger partial charge is 0.351 e. The van der Waals surface area contributed by atoms with E-state index < -0.39 is 9.84 Å². The zero-order chi connectivity index (χ0) is 14.3. The molecular weight excluding hydrogens is 262 g/mol. The average molecular weight is 281 g/mol. The van der Waals surface area contributed by atoms with Crippen LogP contribution in [0.2, 0.25) is 0 Å². The van der Waals surface area contributed by atoms with Crippen LogP contribution in [-0.2, 0) is 14.6 Å². The lowest BCUT2D eigenvalue weighted by Gasteiger charge is -2.06. The van der Waals surface area contributed by atoms with E-state index in [1.54, 1.807) is 43.3 Å². The highest BCUT2D eigenvalue weighted by molar-refractivity contribution is 7.91. The van der Waals surface area contributed by atoms with Gasteiger partial charge in [0.2, 0.25) is 5.91 Å². The summed E-state index contributed by atoms with van der Waals surface area (Å²) in [4.78, 5) is 11.9. The van der Waals surface area contributed by atoms with Crippen LogP contribution in [0, 0.1) is 0 Å². The summed E-state index contributed by atoms with van der Waals surface area (Å²) in [5.41, 5.74) is 0.611.